The first-order valence-corrected chi connectivity index (χ1v) is 9.15. The molecule has 0 radical (unpaired) electrons. The van der Waals surface area contributed by atoms with E-state index >= 15 is 0 Å². The second kappa shape index (κ2) is 8.46. The molecule has 1 rings (SSSR count). The Hall–Kier alpha value is -0.820. The summed E-state index contributed by atoms with van der Waals surface area (Å²) in [6, 6.07) is 0. The quantitative estimate of drug-likeness (QED) is 0.554. The normalized spacial score (nSPS) is 19.9. The number of nitrogens with zero attached hydrogens (tertiary/aromatic N) is 3. The van der Waals surface area contributed by atoms with E-state index in [1.807, 2.05) is 7.05 Å². The molecular weight excluding hydrogens is 276 g/mol. The van der Waals surface area contributed by atoms with Gasteiger partial charge in [0, 0.05) is 46.8 Å². The second-order valence-electron chi connectivity index (χ2n) is 5.24. The largest absolute Gasteiger partial charge is 0.355 e. The molecule has 0 atom stereocenters. The standard InChI is InChI=1S/C13H28N4O2S/c1-4-5-7-16(3)13(14-2)15-6-8-17-9-11-20(18,19)12-10-17/h4-12H2,1-3H3,(H,14,15). The van der Waals surface area contributed by atoms with Gasteiger partial charge in [-0.2, -0.15) is 0 Å². The van der Waals surface area contributed by atoms with Crippen molar-refractivity contribution >= 4 is 15.8 Å². The number of sulfone groups is 1. The fraction of sp³-hybridized carbons (Fsp3) is 0.923. The monoisotopic (exact) mass is 304 g/mol. The fourth-order valence-corrected chi connectivity index (χ4v) is 3.46. The van der Waals surface area contributed by atoms with Crippen LogP contribution < -0.4 is 5.32 Å². The van der Waals surface area contributed by atoms with E-state index in [4.69, 9.17) is 0 Å². The summed E-state index contributed by atoms with van der Waals surface area (Å²) in [7, 11) is 1.05. The van der Waals surface area contributed by atoms with Crippen molar-refractivity contribution in [3.63, 3.8) is 0 Å². The van der Waals surface area contributed by atoms with Crippen LogP contribution in [0.1, 0.15) is 19.8 Å². The summed E-state index contributed by atoms with van der Waals surface area (Å²) in [5, 5.41) is 3.33. The molecular formula is C13H28N4O2S. The van der Waals surface area contributed by atoms with Gasteiger partial charge in [-0.15, -0.1) is 0 Å². The summed E-state index contributed by atoms with van der Waals surface area (Å²) in [5.41, 5.74) is 0. The van der Waals surface area contributed by atoms with Crippen molar-refractivity contribution in [1.82, 2.24) is 15.1 Å². The van der Waals surface area contributed by atoms with E-state index in [9.17, 15) is 8.42 Å². The molecule has 1 aliphatic rings. The van der Waals surface area contributed by atoms with Crippen molar-refractivity contribution in [2.24, 2.45) is 4.99 Å². The Labute approximate surface area is 123 Å². The highest BCUT2D eigenvalue weighted by atomic mass is 32.2. The Balaban J connectivity index is 2.25. The van der Waals surface area contributed by atoms with Gasteiger partial charge >= 0.3 is 0 Å². The van der Waals surface area contributed by atoms with Gasteiger partial charge in [-0.1, -0.05) is 13.3 Å². The molecule has 0 spiro atoms. The van der Waals surface area contributed by atoms with Crippen molar-refractivity contribution in [3.8, 4) is 0 Å². The minimum Gasteiger partial charge on any atom is -0.355 e. The molecule has 1 fully saturated rings. The lowest BCUT2D eigenvalue weighted by atomic mass is 10.3. The third-order valence-electron chi connectivity index (χ3n) is 3.57. The minimum atomic E-state index is -2.78. The molecule has 20 heavy (non-hydrogen) atoms. The zero-order chi connectivity index (χ0) is 15.0. The number of guanidine groups is 1. The molecule has 1 heterocycles. The Morgan fingerprint density at radius 2 is 2.00 bits per heavy atom. The highest BCUT2D eigenvalue weighted by Gasteiger charge is 2.21. The molecule has 7 heteroatoms. The van der Waals surface area contributed by atoms with Crippen molar-refractivity contribution in [2.75, 3.05) is 58.3 Å². The molecule has 1 N–H and O–H groups in total. The van der Waals surface area contributed by atoms with E-state index in [1.54, 1.807) is 7.05 Å². The number of aliphatic imine (C=N–C) groups is 1. The van der Waals surface area contributed by atoms with Crippen LogP contribution in [-0.4, -0.2) is 82.5 Å². The molecule has 6 nitrogen and oxygen atoms in total. The molecule has 0 aromatic heterocycles. The molecule has 118 valence electrons. The van der Waals surface area contributed by atoms with Crippen molar-refractivity contribution in [1.29, 1.82) is 0 Å². The van der Waals surface area contributed by atoms with Crippen LogP contribution in [0.25, 0.3) is 0 Å². The Kier molecular flexibility index (Phi) is 7.29. The van der Waals surface area contributed by atoms with Gasteiger partial charge in [-0.3, -0.25) is 9.89 Å². The smallest absolute Gasteiger partial charge is 0.193 e. The first kappa shape index (κ1) is 17.2. The average Bonchev–Trinajstić information content (AvgIpc) is 2.42. The maximum atomic E-state index is 11.3. The first-order chi connectivity index (χ1) is 9.48. The molecule has 0 aromatic carbocycles. The Morgan fingerprint density at radius 1 is 1.35 bits per heavy atom. The van der Waals surface area contributed by atoms with Gasteiger partial charge in [0.1, 0.15) is 0 Å². The van der Waals surface area contributed by atoms with Crippen LogP contribution in [0.5, 0.6) is 0 Å². The molecule has 0 saturated carbocycles. The molecule has 0 bridgehead atoms. The summed E-state index contributed by atoms with van der Waals surface area (Å²) in [6.45, 7) is 6.12. The zero-order valence-electron chi connectivity index (χ0n) is 12.9. The van der Waals surface area contributed by atoms with Crippen LogP contribution >= 0.6 is 0 Å². The fourth-order valence-electron chi connectivity index (χ4n) is 2.19. The third-order valence-corrected chi connectivity index (χ3v) is 5.18. The minimum absolute atomic E-state index is 0.290. The average molecular weight is 304 g/mol. The number of nitrogens with one attached hydrogen (secondary N) is 1. The topological polar surface area (TPSA) is 65.0 Å². The maximum absolute atomic E-state index is 11.3. The van der Waals surface area contributed by atoms with Gasteiger partial charge in [-0.05, 0) is 6.42 Å². The highest BCUT2D eigenvalue weighted by molar-refractivity contribution is 7.91. The SMILES string of the molecule is CCCCN(C)C(=NC)NCCN1CCS(=O)(=O)CC1. The maximum Gasteiger partial charge on any atom is 0.193 e. The van der Waals surface area contributed by atoms with Gasteiger partial charge < -0.3 is 10.2 Å². The first-order valence-electron chi connectivity index (χ1n) is 7.33. The predicted molar refractivity (Wildman–Crippen MR) is 84.0 cm³/mol. The third kappa shape index (κ3) is 6.09. The van der Waals surface area contributed by atoms with Gasteiger partial charge in [0.2, 0.25) is 0 Å². The summed E-state index contributed by atoms with van der Waals surface area (Å²) in [4.78, 5) is 8.58. The lowest BCUT2D eigenvalue weighted by Crippen LogP contribution is -2.46. The molecule has 0 aliphatic carbocycles. The molecule has 1 aliphatic heterocycles. The van der Waals surface area contributed by atoms with Gasteiger partial charge in [0.05, 0.1) is 11.5 Å². The molecule has 1 saturated heterocycles. The van der Waals surface area contributed by atoms with Crippen LogP contribution in [0.15, 0.2) is 4.99 Å². The Bertz CT molecular complexity index is 395. The molecule has 0 amide bonds. The van der Waals surface area contributed by atoms with Crippen molar-refractivity contribution in [2.45, 2.75) is 19.8 Å². The molecule has 0 aromatic rings. The van der Waals surface area contributed by atoms with Crippen LogP contribution in [0.3, 0.4) is 0 Å². The summed E-state index contributed by atoms with van der Waals surface area (Å²) in [5.74, 6) is 1.49. The summed E-state index contributed by atoms with van der Waals surface area (Å²) in [6.07, 6.45) is 2.32. The van der Waals surface area contributed by atoms with Gasteiger partial charge in [0.15, 0.2) is 15.8 Å². The number of hydrogen-bond acceptors (Lipinski definition) is 4. The lowest BCUT2D eigenvalue weighted by Gasteiger charge is -2.27. The van der Waals surface area contributed by atoms with Crippen LogP contribution in [0.4, 0.5) is 0 Å². The zero-order valence-corrected chi connectivity index (χ0v) is 13.7. The van der Waals surface area contributed by atoms with E-state index in [-0.39, 0.29) is 11.5 Å². The van der Waals surface area contributed by atoms with Crippen LogP contribution in [0.2, 0.25) is 0 Å². The van der Waals surface area contributed by atoms with E-state index in [0.29, 0.717) is 13.1 Å². The van der Waals surface area contributed by atoms with Crippen LogP contribution in [-0.2, 0) is 9.84 Å². The number of hydrogen-bond donors (Lipinski definition) is 1. The van der Waals surface area contributed by atoms with E-state index in [1.165, 1.54) is 6.42 Å². The number of unbranched alkanes of at least 4 members (excludes halogenated alkanes) is 1. The summed E-state index contributed by atoms with van der Waals surface area (Å²) >= 11 is 0. The van der Waals surface area contributed by atoms with Crippen LogP contribution in [0, 0.1) is 0 Å². The highest BCUT2D eigenvalue weighted by Crippen LogP contribution is 2.02. The second-order valence-corrected chi connectivity index (χ2v) is 7.55. The lowest BCUT2D eigenvalue weighted by molar-refractivity contribution is 0.298. The van der Waals surface area contributed by atoms with Gasteiger partial charge in [-0.25, -0.2) is 8.42 Å². The predicted octanol–water partition coefficient (Wildman–Crippen LogP) is 0.0241. The van der Waals surface area contributed by atoms with E-state index in [0.717, 1.165) is 32.0 Å². The van der Waals surface area contributed by atoms with Crippen molar-refractivity contribution in [3.05, 3.63) is 0 Å². The summed E-state index contributed by atoms with van der Waals surface area (Å²) < 4.78 is 22.7. The molecule has 0 unspecified atom stereocenters. The van der Waals surface area contributed by atoms with Gasteiger partial charge in [0.25, 0.3) is 0 Å². The number of rotatable bonds is 6. The van der Waals surface area contributed by atoms with E-state index in [2.05, 4.69) is 27.0 Å². The van der Waals surface area contributed by atoms with Crippen molar-refractivity contribution < 1.29 is 8.42 Å². The van der Waals surface area contributed by atoms with E-state index < -0.39 is 9.84 Å². The Morgan fingerprint density at radius 3 is 2.55 bits per heavy atom.